The van der Waals surface area contributed by atoms with Crippen LogP contribution in [0.5, 0.6) is 5.75 Å². The highest BCUT2D eigenvalue weighted by molar-refractivity contribution is 8.01. The lowest BCUT2D eigenvalue weighted by atomic mass is 10.2. The lowest BCUT2D eigenvalue weighted by molar-refractivity contribution is -0.113. The van der Waals surface area contributed by atoms with Crippen LogP contribution in [0.1, 0.15) is 10.4 Å². The molecule has 0 spiro atoms. The Hall–Kier alpha value is -2.98. The van der Waals surface area contributed by atoms with E-state index in [1.807, 2.05) is 0 Å². The summed E-state index contributed by atoms with van der Waals surface area (Å²) < 4.78 is 19.2. The number of carbonyl (C=O) groups is 2. The van der Waals surface area contributed by atoms with Gasteiger partial charge in [-0.1, -0.05) is 41.3 Å². The zero-order valence-electron chi connectivity index (χ0n) is 14.6. The number of amides is 2. The lowest BCUT2D eigenvalue weighted by Crippen LogP contribution is -2.13. The summed E-state index contributed by atoms with van der Waals surface area (Å²) in [5, 5.41) is 13.2. The Balaban J connectivity index is 1.52. The minimum atomic E-state index is -0.617. The molecule has 0 aliphatic rings. The molecule has 1 aromatic heterocycles. The second-order valence-corrected chi connectivity index (χ2v) is 7.58. The molecule has 0 saturated heterocycles. The Labute approximate surface area is 168 Å². The van der Waals surface area contributed by atoms with Crippen molar-refractivity contribution in [3.05, 3.63) is 59.9 Å². The van der Waals surface area contributed by atoms with E-state index < -0.39 is 11.7 Å². The van der Waals surface area contributed by atoms with Crippen LogP contribution in [0, 0.1) is 5.82 Å². The van der Waals surface area contributed by atoms with Crippen molar-refractivity contribution < 1.29 is 18.7 Å². The first-order valence-corrected chi connectivity index (χ1v) is 9.81. The number of nitrogens with zero attached hydrogens (tertiary/aromatic N) is 2. The van der Waals surface area contributed by atoms with Gasteiger partial charge >= 0.3 is 0 Å². The monoisotopic (exact) mass is 418 g/mol. The van der Waals surface area contributed by atoms with Crippen LogP contribution in [0.25, 0.3) is 0 Å². The Bertz CT molecular complexity index is 996. The Morgan fingerprint density at radius 1 is 1.14 bits per heavy atom. The van der Waals surface area contributed by atoms with Crippen LogP contribution in [0.4, 0.5) is 15.2 Å². The minimum absolute atomic E-state index is 0.0791. The summed E-state index contributed by atoms with van der Waals surface area (Å²) in [5.41, 5.74) is 0.546. The van der Waals surface area contributed by atoms with Crippen LogP contribution in [0.15, 0.2) is 52.9 Å². The minimum Gasteiger partial charge on any atom is -0.497 e. The van der Waals surface area contributed by atoms with Gasteiger partial charge in [0.1, 0.15) is 11.6 Å². The number of nitrogens with one attached hydrogen (secondary N) is 2. The quantitative estimate of drug-likeness (QED) is 0.449. The van der Waals surface area contributed by atoms with E-state index in [0.717, 1.165) is 11.3 Å². The Morgan fingerprint density at radius 2 is 1.96 bits per heavy atom. The molecule has 3 rings (SSSR count). The molecular weight excluding hydrogens is 403 g/mol. The van der Waals surface area contributed by atoms with Gasteiger partial charge in [-0.15, -0.1) is 10.2 Å². The van der Waals surface area contributed by atoms with Crippen LogP contribution in [0.2, 0.25) is 0 Å². The summed E-state index contributed by atoms with van der Waals surface area (Å²) >= 11 is 2.28. The maximum atomic E-state index is 13.6. The van der Waals surface area contributed by atoms with Crippen molar-refractivity contribution in [3.63, 3.8) is 0 Å². The van der Waals surface area contributed by atoms with Crippen molar-refractivity contribution in [1.82, 2.24) is 10.2 Å². The summed E-state index contributed by atoms with van der Waals surface area (Å²) in [6.07, 6.45) is 0. The van der Waals surface area contributed by atoms with Crippen molar-refractivity contribution in [2.24, 2.45) is 0 Å². The molecule has 0 fully saturated rings. The highest BCUT2D eigenvalue weighted by atomic mass is 32.2. The number of thioether (sulfide) groups is 1. The summed E-state index contributed by atoms with van der Waals surface area (Å²) in [6.45, 7) is 0. The third-order valence-corrected chi connectivity index (χ3v) is 5.40. The summed E-state index contributed by atoms with van der Waals surface area (Å²) in [7, 11) is 1.55. The van der Waals surface area contributed by atoms with E-state index in [4.69, 9.17) is 4.74 Å². The molecule has 0 bridgehead atoms. The highest BCUT2D eigenvalue weighted by Gasteiger charge is 2.14. The molecule has 0 aliphatic heterocycles. The second kappa shape index (κ2) is 9.29. The molecule has 144 valence electrons. The third kappa shape index (κ3) is 5.27. The van der Waals surface area contributed by atoms with Crippen molar-refractivity contribution in [2.45, 2.75) is 4.34 Å². The molecule has 10 heteroatoms. The van der Waals surface area contributed by atoms with E-state index in [1.54, 1.807) is 37.4 Å². The SMILES string of the molecule is COc1cccc(NC(=O)CSc2nnc(NC(=O)c3ccccc3F)s2)c1. The molecular formula is C18H15FN4O3S2. The van der Waals surface area contributed by atoms with Crippen LogP contribution < -0.4 is 15.4 Å². The average molecular weight is 418 g/mol. The fourth-order valence-corrected chi connectivity index (χ4v) is 3.70. The van der Waals surface area contributed by atoms with Crippen molar-refractivity contribution in [1.29, 1.82) is 0 Å². The van der Waals surface area contributed by atoms with Crippen LogP contribution in [-0.4, -0.2) is 34.9 Å². The maximum Gasteiger partial charge on any atom is 0.260 e. The summed E-state index contributed by atoms with van der Waals surface area (Å²) in [4.78, 5) is 24.1. The Morgan fingerprint density at radius 3 is 2.75 bits per heavy atom. The molecule has 2 aromatic carbocycles. The van der Waals surface area contributed by atoms with Crippen LogP contribution in [0.3, 0.4) is 0 Å². The molecule has 2 amide bonds. The number of methoxy groups -OCH3 is 1. The van der Waals surface area contributed by atoms with E-state index in [9.17, 15) is 14.0 Å². The van der Waals surface area contributed by atoms with E-state index in [2.05, 4.69) is 20.8 Å². The van der Waals surface area contributed by atoms with Crippen LogP contribution in [-0.2, 0) is 4.79 Å². The van der Waals surface area contributed by atoms with E-state index >= 15 is 0 Å². The number of ether oxygens (including phenoxy) is 1. The van der Waals surface area contributed by atoms with Gasteiger partial charge in [0.2, 0.25) is 11.0 Å². The fourth-order valence-electron chi connectivity index (χ4n) is 2.15. The van der Waals surface area contributed by atoms with Gasteiger partial charge in [-0.2, -0.15) is 0 Å². The predicted molar refractivity (Wildman–Crippen MR) is 107 cm³/mol. The number of hydrogen-bond acceptors (Lipinski definition) is 7. The number of halogens is 1. The molecule has 0 radical (unpaired) electrons. The van der Waals surface area contributed by atoms with Crippen molar-refractivity contribution in [3.8, 4) is 5.75 Å². The molecule has 1 heterocycles. The first-order chi connectivity index (χ1) is 13.5. The lowest BCUT2D eigenvalue weighted by Gasteiger charge is -2.06. The van der Waals surface area contributed by atoms with Gasteiger partial charge in [-0.05, 0) is 24.3 Å². The maximum absolute atomic E-state index is 13.6. The molecule has 3 aromatic rings. The first-order valence-electron chi connectivity index (χ1n) is 8.01. The van der Waals surface area contributed by atoms with Gasteiger partial charge in [-0.3, -0.25) is 14.9 Å². The number of anilines is 2. The average Bonchev–Trinajstić information content (AvgIpc) is 3.14. The molecule has 0 atom stereocenters. The third-order valence-electron chi connectivity index (χ3n) is 3.43. The largest absolute Gasteiger partial charge is 0.497 e. The van der Waals surface area contributed by atoms with Crippen molar-refractivity contribution >= 4 is 45.7 Å². The number of aromatic nitrogens is 2. The molecule has 0 aliphatic carbocycles. The number of benzene rings is 2. The van der Waals surface area contributed by atoms with Gasteiger partial charge < -0.3 is 10.1 Å². The Kier molecular flexibility index (Phi) is 6.56. The van der Waals surface area contributed by atoms with E-state index in [0.29, 0.717) is 15.8 Å². The summed E-state index contributed by atoms with van der Waals surface area (Å²) in [6, 6.07) is 12.7. The summed E-state index contributed by atoms with van der Waals surface area (Å²) in [5.74, 6) is -0.683. The number of hydrogen-bond donors (Lipinski definition) is 2. The first kappa shape index (κ1) is 19.8. The molecule has 0 saturated carbocycles. The van der Waals surface area contributed by atoms with Gasteiger partial charge in [0.15, 0.2) is 4.34 Å². The second-order valence-electron chi connectivity index (χ2n) is 5.38. The normalized spacial score (nSPS) is 10.4. The van der Waals surface area contributed by atoms with Crippen LogP contribution >= 0.6 is 23.1 Å². The predicted octanol–water partition coefficient (Wildman–Crippen LogP) is 3.67. The zero-order chi connectivity index (χ0) is 19.9. The van der Waals surface area contributed by atoms with Gasteiger partial charge in [0, 0.05) is 11.8 Å². The topological polar surface area (TPSA) is 93.2 Å². The zero-order valence-corrected chi connectivity index (χ0v) is 16.3. The fraction of sp³-hybridized carbons (Fsp3) is 0.111. The number of rotatable bonds is 7. The standard InChI is InChI=1S/C18H15FN4O3S2/c1-26-12-6-4-5-11(9-12)20-15(24)10-27-18-23-22-17(28-18)21-16(25)13-7-2-3-8-14(13)19/h2-9H,10H2,1H3,(H,20,24)(H,21,22,25). The molecule has 7 nitrogen and oxygen atoms in total. The molecule has 2 N–H and O–H groups in total. The van der Waals surface area contributed by atoms with Gasteiger partial charge in [0.25, 0.3) is 5.91 Å². The van der Waals surface area contributed by atoms with Crippen molar-refractivity contribution in [2.75, 3.05) is 23.5 Å². The van der Waals surface area contributed by atoms with E-state index in [-0.39, 0.29) is 22.4 Å². The van der Waals surface area contributed by atoms with E-state index in [1.165, 1.54) is 30.0 Å². The highest BCUT2D eigenvalue weighted by Crippen LogP contribution is 2.26. The van der Waals surface area contributed by atoms with Gasteiger partial charge in [-0.25, -0.2) is 4.39 Å². The smallest absolute Gasteiger partial charge is 0.260 e. The number of carbonyl (C=O) groups excluding carboxylic acids is 2. The molecule has 28 heavy (non-hydrogen) atoms. The van der Waals surface area contributed by atoms with Gasteiger partial charge in [0.05, 0.1) is 18.4 Å². The molecule has 0 unspecified atom stereocenters.